The van der Waals surface area contributed by atoms with Gasteiger partial charge in [-0.3, -0.25) is 0 Å². The second kappa shape index (κ2) is 2.73. The highest BCUT2D eigenvalue weighted by molar-refractivity contribution is 14.1. The van der Waals surface area contributed by atoms with Gasteiger partial charge in [-0.15, -0.1) is 0 Å². The van der Waals surface area contributed by atoms with Gasteiger partial charge < -0.3 is 4.42 Å². The first kappa shape index (κ1) is 7.12. The fourth-order valence-corrected chi connectivity index (χ4v) is 1.58. The van der Waals surface area contributed by atoms with Gasteiger partial charge in [-0.05, 0) is 25.5 Å². The van der Waals surface area contributed by atoms with E-state index in [1.165, 1.54) is 5.56 Å². The maximum Gasteiger partial charge on any atom is 0.116 e. The summed E-state index contributed by atoms with van der Waals surface area (Å²) in [5.41, 5.74) is 1.27. The molecule has 0 spiro atoms. The molecular weight excluding hydrogens is 227 g/mol. The molecule has 0 N–H and O–H groups in total. The van der Waals surface area contributed by atoms with Crippen LogP contribution in [0.1, 0.15) is 17.1 Å². The summed E-state index contributed by atoms with van der Waals surface area (Å²) in [5, 5.41) is 0. The maximum absolute atomic E-state index is 5.36. The molecule has 0 saturated carbocycles. The molecule has 0 fully saturated rings. The van der Waals surface area contributed by atoms with Gasteiger partial charge in [0.05, 0.1) is 4.43 Å². The Labute approximate surface area is 68.6 Å². The number of hydrogen-bond donors (Lipinski definition) is 0. The van der Waals surface area contributed by atoms with Gasteiger partial charge in [0, 0.05) is 0 Å². The molecule has 50 valence electrons. The molecule has 0 radical (unpaired) electrons. The highest BCUT2D eigenvalue weighted by atomic mass is 127. The van der Waals surface area contributed by atoms with Gasteiger partial charge in [-0.1, -0.05) is 22.6 Å². The van der Waals surface area contributed by atoms with Crippen LogP contribution in [0.2, 0.25) is 0 Å². The monoisotopic (exact) mass is 236 g/mol. The maximum atomic E-state index is 5.36. The van der Waals surface area contributed by atoms with Crippen LogP contribution in [-0.4, -0.2) is 0 Å². The molecule has 2 heteroatoms. The van der Waals surface area contributed by atoms with E-state index in [-0.39, 0.29) is 0 Å². The highest BCUT2D eigenvalue weighted by Crippen LogP contribution is 2.16. The van der Waals surface area contributed by atoms with E-state index in [2.05, 4.69) is 35.6 Å². The number of rotatable bonds is 1. The molecular formula is C7H9IO. The van der Waals surface area contributed by atoms with Crippen molar-refractivity contribution in [3.63, 3.8) is 0 Å². The number of hydrogen-bond acceptors (Lipinski definition) is 1. The zero-order valence-corrected chi connectivity index (χ0v) is 7.73. The van der Waals surface area contributed by atoms with Crippen molar-refractivity contribution in [1.82, 2.24) is 0 Å². The molecule has 9 heavy (non-hydrogen) atoms. The van der Waals surface area contributed by atoms with Gasteiger partial charge in [0.25, 0.3) is 0 Å². The molecule has 1 heterocycles. The molecule has 1 nitrogen and oxygen atoms in total. The Kier molecular flexibility index (Phi) is 2.16. The van der Waals surface area contributed by atoms with Gasteiger partial charge in [0.2, 0.25) is 0 Å². The van der Waals surface area contributed by atoms with Gasteiger partial charge in [-0.2, -0.15) is 0 Å². The van der Waals surface area contributed by atoms with E-state index in [0.29, 0.717) is 0 Å². The normalized spacial score (nSPS) is 10.1. The van der Waals surface area contributed by atoms with Crippen molar-refractivity contribution in [2.75, 3.05) is 0 Å². The molecule has 1 aromatic heterocycles. The lowest BCUT2D eigenvalue weighted by Gasteiger charge is -1.86. The molecule has 0 atom stereocenters. The summed E-state index contributed by atoms with van der Waals surface area (Å²) in [4.78, 5) is 0. The van der Waals surface area contributed by atoms with Crippen molar-refractivity contribution in [2.45, 2.75) is 18.3 Å². The van der Waals surface area contributed by atoms with Crippen LogP contribution in [0.5, 0.6) is 0 Å². The largest absolute Gasteiger partial charge is 0.465 e. The lowest BCUT2D eigenvalue weighted by Crippen LogP contribution is -1.71. The zero-order chi connectivity index (χ0) is 6.85. The van der Waals surface area contributed by atoms with Crippen molar-refractivity contribution in [3.05, 3.63) is 23.2 Å². The first-order valence-electron chi connectivity index (χ1n) is 2.86. The fourth-order valence-electron chi connectivity index (χ4n) is 0.822. The summed E-state index contributed by atoms with van der Waals surface area (Å²) >= 11 is 2.30. The van der Waals surface area contributed by atoms with Crippen molar-refractivity contribution in [2.24, 2.45) is 0 Å². The molecule has 0 aliphatic heterocycles. The predicted molar refractivity (Wildman–Crippen MR) is 45.9 cm³/mol. The molecule has 0 bridgehead atoms. The van der Waals surface area contributed by atoms with Crippen LogP contribution >= 0.6 is 22.6 Å². The second-order valence-electron chi connectivity index (χ2n) is 2.10. The third-order valence-electron chi connectivity index (χ3n) is 1.27. The van der Waals surface area contributed by atoms with E-state index >= 15 is 0 Å². The molecule has 1 rings (SSSR count). The fraction of sp³-hybridized carbons (Fsp3) is 0.429. The Hall–Kier alpha value is 0.01000. The molecule has 1 aromatic rings. The number of alkyl halides is 1. The Balaban J connectivity index is 3.01. The summed E-state index contributed by atoms with van der Waals surface area (Å²) in [6.07, 6.45) is 0. The minimum Gasteiger partial charge on any atom is -0.465 e. The summed E-state index contributed by atoms with van der Waals surface area (Å²) in [5.74, 6) is 2.12. The second-order valence-corrected chi connectivity index (χ2v) is 2.86. The summed E-state index contributed by atoms with van der Waals surface area (Å²) in [6, 6.07) is 2.06. The smallest absolute Gasteiger partial charge is 0.116 e. The first-order valence-corrected chi connectivity index (χ1v) is 4.38. The van der Waals surface area contributed by atoms with Crippen molar-refractivity contribution in [3.8, 4) is 0 Å². The van der Waals surface area contributed by atoms with E-state index in [1.54, 1.807) is 0 Å². The van der Waals surface area contributed by atoms with Crippen LogP contribution in [0.25, 0.3) is 0 Å². The molecule has 0 aromatic carbocycles. The summed E-state index contributed by atoms with van der Waals surface area (Å²) in [7, 11) is 0. The number of aryl methyl sites for hydroxylation is 2. The van der Waals surface area contributed by atoms with Gasteiger partial charge in [0.1, 0.15) is 11.5 Å². The third-order valence-corrected chi connectivity index (χ3v) is 1.96. The lowest BCUT2D eigenvalue weighted by molar-refractivity contribution is 0.501. The van der Waals surface area contributed by atoms with E-state index < -0.39 is 0 Å². The number of furan rings is 1. The van der Waals surface area contributed by atoms with Crippen molar-refractivity contribution in [1.29, 1.82) is 0 Å². The van der Waals surface area contributed by atoms with Gasteiger partial charge in [0.15, 0.2) is 0 Å². The van der Waals surface area contributed by atoms with Crippen LogP contribution in [-0.2, 0) is 4.43 Å². The molecule has 0 aliphatic carbocycles. The molecule has 0 saturated heterocycles. The standard InChI is InChI=1S/C7H9IO/c1-5-3-6(2)9-7(5)4-8/h3H,4H2,1-2H3. The van der Waals surface area contributed by atoms with Crippen molar-refractivity contribution < 1.29 is 4.42 Å². The zero-order valence-electron chi connectivity index (χ0n) is 5.57. The topological polar surface area (TPSA) is 13.1 Å². The van der Waals surface area contributed by atoms with E-state index in [0.717, 1.165) is 15.9 Å². The minimum absolute atomic E-state index is 0.970. The van der Waals surface area contributed by atoms with Crippen LogP contribution in [0, 0.1) is 13.8 Å². The SMILES string of the molecule is Cc1cc(C)c(CI)o1. The minimum atomic E-state index is 0.970. The molecule has 0 amide bonds. The Bertz CT molecular complexity index is 203. The summed E-state index contributed by atoms with van der Waals surface area (Å²) in [6.45, 7) is 4.05. The first-order chi connectivity index (χ1) is 4.24. The van der Waals surface area contributed by atoms with E-state index in [1.807, 2.05) is 6.92 Å². The summed E-state index contributed by atoms with van der Waals surface area (Å²) < 4.78 is 6.33. The van der Waals surface area contributed by atoms with Crippen molar-refractivity contribution >= 4 is 22.6 Å². The molecule has 0 aliphatic rings. The Morgan fingerprint density at radius 2 is 2.22 bits per heavy atom. The quantitative estimate of drug-likeness (QED) is 0.539. The highest BCUT2D eigenvalue weighted by Gasteiger charge is 2.00. The van der Waals surface area contributed by atoms with Crippen LogP contribution < -0.4 is 0 Å². The van der Waals surface area contributed by atoms with Crippen LogP contribution in [0.4, 0.5) is 0 Å². The molecule has 0 unspecified atom stereocenters. The van der Waals surface area contributed by atoms with E-state index in [4.69, 9.17) is 4.42 Å². The predicted octanol–water partition coefficient (Wildman–Crippen LogP) is 2.83. The van der Waals surface area contributed by atoms with E-state index in [9.17, 15) is 0 Å². The van der Waals surface area contributed by atoms with Crippen LogP contribution in [0.15, 0.2) is 10.5 Å². The Morgan fingerprint density at radius 3 is 2.44 bits per heavy atom. The Morgan fingerprint density at radius 1 is 1.56 bits per heavy atom. The lowest BCUT2D eigenvalue weighted by atomic mass is 10.3. The average Bonchev–Trinajstić information content (AvgIpc) is 2.10. The average molecular weight is 236 g/mol. The van der Waals surface area contributed by atoms with Gasteiger partial charge >= 0.3 is 0 Å². The van der Waals surface area contributed by atoms with Crippen LogP contribution in [0.3, 0.4) is 0 Å². The van der Waals surface area contributed by atoms with Gasteiger partial charge in [-0.25, -0.2) is 0 Å². The third kappa shape index (κ3) is 1.47. The number of halogens is 1.